The number of Topliss-reactive ketones (excluding diaryl/α,β-unsaturated/α-hetero) is 1. The molecule has 5 rings (SSSR count). The van der Waals surface area contributed by atoms with Crippen LogP contribution >= 0.6 is 0 Å². The molecule has 1 aromatic carbocycles. The summed E-state index contributed by atoms with van der Waals surface area (Å²) in [4.78, 5) is 30.4. The van der Waals surface area contributed by atoms with Gasteiger partial charge in [-0.3, -0.25) is 14.1 Å². The maximum Gasteiger partial charge on any atom is 0.294 e. The van der Waals surface area contributed by atoms with E-state index >= 15 is 0 Å². The van der Waals surface area contributed by atoms with Crippen LogP contribution in [0.25, 0.3) is 0 Å². The molecule has 148 valence electrons. The first-order valence-electron chi connectivity index (χ1n) is 9.10. The molecule has 3 heterocycles. The van der Waals surface area contributed by atoms with Crippen molar-refractivity contribution >= 4 is 21.7 Å². The largest absolute Gasteiger partial charge is 0.365 e. The van der Waals surface area contributed by atoms with Crippen LogP contribution in [0.2, 0.25) is 0 Å². The van der Waals surface area contributed by atoms with Crippen LogP contribution in [0.1, 0.15) is 5.56 Å². The Labute approximate surface area is 163 Å². The summed E-state index contributed by atoms with van der Waals surface area (Å²) >= 11 is 0. The number of rotatable bonds is 4. The first-order chi connectivity index (χ1) is 13.3. The Bertz CT molecular complexity index is 999. The first-order valence-corrected chi connectivity index (χ1v) is 10.5. The van der Waals surface area contributed by atoms with Crippen LogP contribution < -0.4 is 0 Å². The lowest BCUT2D eigenvalue weighted by atomic mass is 10.0. The first kappa shape index (κ1) is 18.7. The van der Waals surface area contributed by atoms with E-state index in [1.165, 1.54) is 18.2 Å². The second kappa shape index (κ2) is 6.75. The maximum atomic E-state index is 12.4. The van der Waals surface area contributed by atoms with Crippen LogP contribution in [-0.2, 0) is 19.7 Å². The van der Waals surface area contributed by atoms with E-state index in [9.17, 15) is 18.0 Å². The topological polar surface area (TPSA) is 97.5 Å². The van der Waals surface area contributed by atoms with Crippen molar-refractivity contribution in [1.29, 1.82) is 0 Å². The highest BCUT2D eigenvalue weighted by molar-refractivity contribution is 7.85. The maximum absolute atomic E-state index is 12.4. The lowest BCUT2D eigenvalue weighted by molar-refractivity contribution is -0.117. The van der Waals surface area contributed by atoms with Gasteiger partial charge in [0.05, 0.1) is 10.6 Å². The molecule has 0 bridgehead atoms. The minimum Gasteiger partial charge on any atom is -0.365 e. The number of carbonyl (C=O) groups excluding carboxylic acids is 2. The third-order valence-corrected chi connectivity index (χ3v) is 5.67. The molecule has 0 spiro atoms. The zero-order chi connectivity index (χ0) is 20.1. The molecule has 3 saturated heterocycles. The summed E-state index contributed by atoms with van der Waals surface area (Å²) in [5.41, 5.74) is 2.84. The van der Waals surface area contributed by atoms with Crippen LogP contribution in [0, 0.1) is 6.92 Å². The van der Waals surface area contributed by atoms with E-state index in [0.29, 0.717) is 17.1 Å². The normalized spacial score (nSPS) is 20.6. The van der Waals surface area contributed by atoms with Gasteiger partial charge in [-0.15, -0.1) is 0 Å². The summed E-state index contributed by atoms with van der Waals surface area (Å²) in [5.74, 6) is 0.0485. The summed E-state index contributed by atoms with van der Waals surface area (Å²) in [7, 11) is -4.02. The minimum absolute atomic E-state index is 0.00546. The van der Waals surface area contributed by atoms with Crippen LogP contribution in [0.4, 0.5) is 0 Å². The molecule has 28 heavy (non-hydrogen) atoms. The fourth-order valence-corrected chi connectivity index (χ4v) is 3.47. The van der Waals surface area contributed by atoms with Gasteiger partial charge >= 0.3 is 0 Å². The lowest BCUT2D eigenvalue weighted by Crippen LogP contribution is -2.29. The number of nitrogens with zero attached hydrogens (tertiary/aromatic N) is 3. The van der Waals surface area contributed by atoms with Gasteiger partial charge in [-0.2, -0.15) is 8.42 Å². The molecule has 0 saturated carbocycles. The number of benzene rings is 1. The fourth-order valence-electron chi connectivity index (χ4n) is 2.99. The van der Waals surface area contributed by atoms with Crippen molar-refractivity contribution in [2.45, 2.75) is 11.8 Å². The van der Waals surface area contributed by atoms with Crippen molar-refractivity contribution in [3.05, 3.63) is 53.0 Å². The molecule has 4 aliphatic rings. The van der Waals surface area contributed by atoms with Crippen molar-refractivity contribution in [1.82, 2.24) is 14.7 Å². The molecular formula is C19H21N3O5S. The van der Waals surface area contributed by atoms with Gasteiger partial charge < -0.3 is 14.7 Å². The molecule has 0 unspecified atom stereocenters. The standard InChI is InChI=1S/C12H13N3O2.C7H8O3S/c16-9-7-8(13-1-2-13)12(17)11(15-5-6-15)10(9)14-3-4-14;1-6-2-4-7(5-3-6)11(8,9)10/h7H,1-6H2;2-5H,1H3,(H,8,9,10). The Kier molecular flexibility index (Phi) is 4.51. The second-order valence-electron chi connectivity index (χ2n) is 7.17. The van der Waals surface area contributed by atoms with Gasteiger partial charge in [0, 0.05) is 45.3 Å². The van der Waals surface area contributed by atoms with Gasteiger partial charge in [0.25, 0.3) is 10.1 Å². The molecule has 9 heteroatoms. The highest BCUT2D eigenvalue weighted by Crippen LogP contribution is 2.33. The average molecular weight is 403 g/mol. The summed E-state index contributed by atoms with van der Waals surface area (Å²) in [6.45, 7) is 7.25. The van der Waals surface area contributed by atoms with E-state index in [1.54, 1.807) is 12.1 Å². The van der Waals surface area contributed by atoms with Crippen LogP contribution in [0.5, 0.6) is 0 Å². The summed E-state index contributed by atoms with van der Waals surface area (Å²) in [5, 5.41) is 0. The van der Waals surface area contributed by atoms with Gasteiger partial charge in [-0.05, 0) is 19.1 Å². The molecule has 8 nitrogen and oxygen atoms in total. The third kappa shape index (κ3) is 3.95. The molecule has 0 amide bonds. The highest BCUT2D eigenvalue weighted by atomic mass is 32.2. The number of allylic oxidation sites excluding steroid dienone is 1. The van der Waals surface area contributed by atoms with E-state index < -0.39 is 10.1 Å². The van der Waals surface area contributed by atoms with Crippen molar-refractivity contribution in [3.63, 3.8) is 0 Å². The lowest BCUT2D eigenvalue weighted by Gasteiger charge is -2.21. The van der Waals surface area contributed by atoms with Crippen molar-refractivity contribution < 1.29 is 22.6 Å². The summed E-state index contributed by atoms with van der Waals surface area (Å²) in [6, 6.07) is 5.99. The van der Waals surface area contributed by atoms with Gasteiger partial charge in [-0.25, -0.2) is 0 Å². The highest BCUT2D eigenvalue weighted by Gasteiger charge is 2.43. The van der Waals surface area contributed by atoms with Gasteiger partial charge in [0.1, 0.15) is 11.4 Å². The molecule has 3 aliphatic heterocycles. The Hall–Kier alpha value is -2.65. The Morgan fingerprint density at radius 2 is 1.32 bits per heavy atom. The van der Waals surface area contributed by atoms with Crippen LogP contribution in [-0.4, -0.2) is 78.5 Å². The van der Waals surface area contributed by atoms with Crippen molar-refractivity contribution in [2.24, 2.45) is 0 Å². The van der Waals surface area contributed by atoms with E-state index in [-0.39, 0.29) is 16.5 Å². The Balaban J connectivity index is 0.000000153. The SMILES string of the molecule is Cc1ccc(S(=O)(=O)O)cc1.O=C1C=C(N2CC2)C(=O)C(N2CC2)=C1N1CC1. The van der Waals surface area contributed by atoms with Crippen molar-refractivity contribution in [2.75, 3.05) is 39.3 Å². The molecule has 1 aliphatic carbocycles. The predicted molar refractivity (Wildman–Crippen MR) is 101 cm³/mol. The molecule has 3 fully saturated rings. The summed E-state index contributed by atoms with van der Waals surface area (Å²) < 4.78 is 29.6. The second-order valence-corrected chi connectivity index (χ2v) is 8.59. The molecule has 1 aromatic rings. The Morgan fingerprint density at radius 3 is 1.79 bits per heavy atom. The number of hydrogen-bond acceptors (Lipinski definition) is 7. The third-order valence-electron chi connectivity index (χ3n) is 4.81. The molecule has 0 radical (unpaired) electrons. The van der Waals surface area contributed by atoms with Gasteiger partial charge in [0.15, 0.2) is 0 Å². The van der Waals surface area contributed by atoms with Crippen molar-refractivity contribution in [3.8, 4) is 0 Å². The van der Waals surface area contributed by atoms with Gasteiger partial charge in [-0.1, -0.05) is 17.7 Å². The number of hydrogen-bond donors (Lipinski definition) is 1. The molecule has 1 N–H and O–H groups in total. The number of aryl methyl sites for hydroxylation is 1. The van der Waals surface area contributed by atoms with E-state index in [1.807, 2.05) is 21.6 Å². The Morgan fingerprint density at radius 1 is 0.821 bits per heavy atom. The minimum atomic E-state index is -4.02. The smallest absolute Gasteiger partial charge is 0.294 e. The molecule has 0 atom stereocenters. The zero-order valence-corrected chi connectivity index (χ0v) is 16.3. The average Bonchev–Trinajstić information content (AvgIpc) is 3.45. The summed E-state index contributed by atoms with van der Waals surface area (Å²) in [6.07, 6.45) is 1.52. The van der Waals surface area contributed by atoms with Crippen LogP contribution in [0.15, 0.2) is 52.3 Å². The van der Waals surface area contributed by atoms with E-state index in [4.69, 9.17) is 4.55 Å². The number of carbonyl (C=O) groups is 2. The quantitative estimate of drug-likeness (QED) is 0.439. The number of ketones is 2. The zero-order valence-electron chi connectivity index (χ0n) is 15.5. The fraction of sp³-hybridized carbons (Fsp3) is 0.368. The van der Waals surface area contributed by atoms with Gasteiger partial charge in [0.2, 0.25) is 11.6 Å². The van der Waals surface area contributed by atoms with E-state index in [0.717, 1.165) is 44.8 Å². The van der Waals surface area contributed by atoms with Crippen LogP contribution in [0.3, 0.4) is 0 Å². The molecular weight excluding hydrogens is 382 g/mol. The van der Waals surface area contributed by atoms with E-state index in [2.05, 4.69) is 0 Å². The monoisotopic (exact) mass is 403 g/mol. The predicted octanol–water partition coefficient (Wildman–Crippen LogP) is 0.422. The molecule has 0 aromatic heterocycles.